The first-order valence-corrected chi connectivity index (χ1v) is 5.70. The maximum absolute atomic E-state index is 11.3. The number of ether oxygens (including phenoxy) is 1. The normalized spacial score (nSPS) is 12.2. The van der Waals surface area contributed by atoms with Gasteiger partial charge in [-0.3, -0.25) is 4.79 Å². The van der Waals surface area contributed by atoms with Crippen molar-refractivity contribution in [1.29, 1.82) is 0 Å². The van der Waals surface area contributed by atoms with E-state index in [1.807, 2.05) is 20.8 Å². The molecule has 0 aromatic carbocycles. The molecule has 3 N–H and O–H groups in total. The molecule has 0 aliphatic rings. The van der Waals surface area contributed by atoms with E-state index in [1.54, 1.807) is 0 Å². The Morgan fingerprint density at radius 1 is 1.38 bits per heavy atom. The SMILES string of the molecule is CCCCOC(=O)NC(CC(C)C)C(N)=O. The molecule has 0 saturated carbocycles. The molecule has 5 heteroatoms. The summed E-state index contributed by atoms with van der Waals surface area (Å²) in [5.41, 5.74) is 5.18. The zero-order valence-corrected chi connectivity index (χ0v) is 10.3. The summed E-state index contributed by atoms with van der Waals surface area (Å²) >= 11 is 0. The number of alkyl carbamates (subject to hydrolysis) is 1. The molecule has 2 amide bonds. The van der Waals surface area contributed by atoms with E-state index >= 15 is 0 Å². The lowest BCUT2D eigenvalue weighted by Crippen LogP contribution is -2.45. The molecule has 0 fully saturated rings. The molecule has 0 rings (SSSR count). The van der Waals surface area contributed by atoms with Crippen LogP contribution in [0.15, 0.2) is 0 Å². The number of hydrogen-bond donors (Lipinski definition) is 2. The molecule has 0 saturated heterocycles. The molecule has 1 atom stereocenters. The maximum Gasteiger partial charge on any atom is 0.407 e. The van der Waals surface area contributed by atoms with Crippen LogP contribution >= 0.6 is 0 Å². The first-order valence-electron chi connectivity index (χ1n) is 5.70. The topological polar surface area (TPSA) is 81.4 Å². The molecule has 5 nitrogen and oxygen atoms in total. The second kappa shape index (κ2) is 7.96. The van der Waals surface area contributed by atoms with Crippen molar-refractivity contribution in [2.24, 2.45) is 11.7 Å². The van der Waals surface area contributed by atoms with Gasteiger partial charge in [-0.05, 0) is 18.8 Å². The molecule has 0 spiro atoms. The molecule has 0 aliphatic heterocycles. The molecular weight excluding hydrogens is 208 g/mol. The fourth-order valence-electron chi connectivity index (χ4n) is 1.21. The van der Waals surface area contributed by atoms with Crippen LogP contribution in [0.3, 0.4) is 0 Å². The van der Waals surface area contributed by atoms with E-state index in [0.29, 0.717) is 13.0 Å². The second-order valence-corrected chi connectivity index (χ2v) is 4.22. The highest BCUT2D eigenvalue weighted by molar-refractivity contribution is 5.84. The van der Waals surface area contributed by atoms with Crippen molar-refractivity contribution in [2.75, 3.05) is 6.61 Å². The number of nitrogens with one attached hydrogen (secondary N) is 1. The van der Waals surface area contributed by atoms with Gasteiger partial charge in [0, 0.05) is 0 Å². The summed E-state index contributed by atoms with van der Waals surface area (Å²) < 4.78 is 4.89. The Bertz CT molecular complexity index is 229. The summed E-state index contributed by atoms with van der Waals surface area (Å²) in [6.07, 6.45) is 1.73. The number of nitrogens with two attached hydrogens (primary N) is 1. The van der Waals surface area contributed by atoms with Crippen molar-refractivity contribution in [3.05, 3.63) is 0 Å². The summed E-state index contributed by atoms with van der Waals surface area (Å²) in [4.78, 5) is 22.3. The van der Waals surface area contributed by atoms with Crippen molar-refractivity contribution in [1.82, 2.24) is 5.32 Å². The average Bonchev–Trinajstić information content (AvgIpc) is 2.16. The number of rotatable bonds is 7. The van der Waals surface area contributed by atoms with Gasteiger partial charge < -0.3 is 15.8 Å². The monoisotopic (exact) mass is 230 g/mol. The van der Waals surface area contributed by atoms with Crippen molar-refractivity contribution in [3.63, 3.8) is 0 Å². The van der Waals surface area contributed by atoms with E-state index in [2.05, 4.69) is 5.32 Å². The Balaban J connectivity index is 3.98. The zero-order chi connectivity index (χ0) is 12.6. The van der Waals surface area contributed by atoms with Gasteiger partial charge in [-0.1, -0.05) is 27.2 Å². The van der Waals surface area contributed by atoms with Crippen LogP contribution in [0.1, 0.15) is 40.0 Å². The Hall–Kier alpha value is -1.26. The highest BCUT2D eigenvalue weighted by Crippen LogP contribution is 2.04. The zero-order valence-electron chi connectivity index (χ0n) is 10.3. The van der Waals surface area contributed by atoms with Gasteiger partial charge >= 0.3 is 6.09 Å². The standard InChI is InChI=1S/C11H22N2O3/c1-4-5-6-16-11(15)13-9(10(12)14)7-8(2)3/h8-9H,4-7H2,1-3H3,(H2,12,14)(H,13,15). The molecule has 0 bridgehead atoms. The highest BCUT2D eigenvalue weighted by Gasteiger charge is 2.19. The van der Waals surface area contributed by atoms with Crippen LogP contribution in [0, 0.1) is 5.92 Å². The predicted molar refractivity (Wildman–Crippen MR) is 61.8 cm³/mol. The van der Waals surface area contributed by atoms with Crippen LogP contribution in [-0.2, 0) is 9.53 Å². The van der Waals surface area contributed by atoms with Crippen molar-refractivity contribution < 1.29 is 14.3 Å². The molecule has 0 aromatic rings. The lowest BCUT2D eigenvalue weighted by Gasteiger charge is -2.17. The summed E-state index contributed by atoms with van der Waals surface area (Å²) in [6, 6.07) is -0.644. The largest absolute Gasteiger partial charge is 0.450 e. The molecule has 0 aromatic heterocycles. The smallest absolute Gasteiger partial charge is 0.407 e. The number of amides is 2. The van der Waals surface area contributed by atoms with Crippen LogP contribution < -0.4 is 11.1 Å². The van der Waals surface area contributed by atoms with Crippen LogP contribution in [0.5, 0.6) is 0 Å². The molecule has 1 unspecified atom stereocenters. The first-order chi connectivity index (χ1) is 7.47. The summed E-state index contributed by atoms with van der Waals surface area (Å²) in [5, 5.41) is 2.47. The number of carbonyl (C=O) groups is 2. The summed E-state index contributed by atoms with van der Waals surface area (Å²) in [6.45, 7) is 6.29. The quantitative estimate of drug-likeness (QED) is 0.649. The minimum atomic E-state index is -0.644. The first kappa shape index (κ1) is 14.7. The van der Waals surface area contributed by atoms with E-state index < -0.39 is 18.0 Å². The summed E-state index contributed by atoms with van der Waals surface area (Å²) in [7, 11) is 0. The average molecular weight is 230 g/mol. The summed E-state index contributed by atoms with van der Waals surface area (Å²) in [5.74, 6) is -0.241. The van der Waals surface area contributed by atoms with Gasteiger partial charge in [0.05, 0.1) is 6.61 Å². The Kier molecular flexibility index (Phi) is 7.33. The fraction of sp³-hybridized carbons (Fsp3) is 0.818. The fourth-order valence-corrected chi connectivity index (χ4v) is 1.21. The van der Waals surface area contributed by atoms with Crippen molar-refractivity contribution >= 4 is 12.0 Å². The van der Waals surface area contributed by atoms with Gasteiger partial charge in [-0.15, -0.1) is 0 Å². The van der Waals surface area contributed by atoms with Crippen LogP contribution in [-0.4, -0.2) is 24.6 Å². The lowest BCUT2D eigenvalue weighted by atomic mass is 10.0. The number of primary amides is 1. The Labute approximate surface area is 96.7 Å². The molecule has 0 aliphatic carbocycles. The van der Waals surface area contributed by atoms with Crippen LogP contribution in [0.25, 0.3) is 0 Å². The third-order valence-electron chi connectivity index (χ3n) is 2.07. The Morgan fingerprint density at radius 2 is 2.00 bits per heavy atom. The molecule has 0 radical (unpaired) electrons. The minimum Gasteiger partial charge on any atom is -0.450 e. The van der Waals surface area contributed by atoms with Gasteiger partial charge in [-0.2, -0.15) is 0 Å². The van der Waals surface area contributed by atoms with Gasteiger partial charge in [0.15, 0.2) is 0 Å². The van der Waals surface area contributed by atoms with Gasteiger partial charge in [0.2, 0.25) is 5.91 Å². The molecular formula is C11H22N2O3. The number of hydrogen-bond acceptors (Lipinski definition) is 3. The third kappa shape index (κ3) is 7.09. The van der Waals surface area contributed by atoms with Crippen LogP contribution in [0.4, 0.5) is 4.79 Å². The third-order valence-corrected chi connectivity index (χ3v) is 2.07. The number of carbonyl (C=O) groups excluding carboxylic acids is 2. The van der Waals surface area contributed by atoms with E-state index in [0.717, 1.165) is 12.8 Å². The van der Waals surface area contributed by atoms with E-state index in [4.69, 9.17) is 10.5 Å². The van der Waals surface area contributed by atoms with Crippen molar-refractivity contribution in [2.45, 2.75) is 46.1 Å². The minimum absolute atomic E-state index is 0.286. The number of unbranched alkanes of at least 4 members (excludes halogenated alkanes) is 1. The molecule has 94 valence electrons. The van der Waals surface area contributed by atoms with E-state index in [-0.39, 0.29) is 5.92 Å². The van der Waals surface area contributed by atoms with Gasteiger partial charge in [0.25, 0.3) is 0 Å². The maximum atomic E-state index is 11.3. The van der Waals surface area contributed by atoms with Crippen molar-refractivity contribution in [3.8, 4) is 0 Å². The lowest BCUT2D eigenvalue weighted by molar-refractivity contribution is -0.120. The molecule has 0 heterocycles. The van der Waals surface area contributed by atoms with E-state index in [1.165, 1.54) is 0 Å². The van der Waals surface area contributed by atoms with Crippen LogP contribution in [0.2, 0.25) is 0 Å². The predicted octanol–water partition coefficient (Wildman–Crippen LogP) is 1.41. The van der Waals surface area contributed by atoms with E-state index in [9.17, 15) is 9.59 Å². The van der Waals surface area contributed by atoms with Gasteiger partial charge in [-0.25, -0.2) is 4.79 Å². The second-order valence-electron chi connectivity index (χ2n) is 4.22. The van der Waals surface area contributed by atoms with Gasteiger partial charge in [0.1, 0.15) is 6.04 Å². The Morgan fingerprint density at radius 3 is 2.44 bits per heavy atom. The molecule has 16 heavy (non-hydrogen) atoms. The highest BCUT2D eigenvalue weighted by atomic mass is 16.5.